The highest BCUT2D eigenvalue weighted by Crippen LogP contribution is 2.39. The van der Waals surface area contributed by atoms with E-state index >= 15 is 0 Å². The van der Waals surface area contributed by atoms with E-state index in [1.165, 1.54) is 25.6 Å². The van der Waals surface area contributed by atoms with Crippen molar-refractivity contribution in [3.05, 3.63) is 0 Å². The maximum absolute atomic E-state index is 5.85. The van der Waals surface area contributed by atoms with Gasteiger partial charge >= 0.3 is 0 Å². The minimum atomic E-state index is 0.493. The summed E-state index contributed by atoms with van der Waals surface area (Å²) in [5.74, 6) is 2.16. The molecule has 1 aliphatic carbocycles. The minimum absolute atomic E-state index is 0.493. The van der Waals surface area contributed by atoms with Crippen LogP contribution >= 0.6 is 0 Å². The van der Waals surface area contributed by atoms with Crippen molar-refractivity contribution in [1.29, 1.82) is 0 Å². The van der Waals surface area contributed by atoms with Crippen molar-refractivity contribution in [1.82, 2.24) is 0 Å². The summed E-state index contributed by atoms with van der Waals surface area (Å²) >= 11 is 0. The molecule has 0 N–H and O–H groups in total. The average Bonchev–Trinajstić information content (AvgIpc) is 2.36. The first-order valence-corrected chi connectivity index (χ1v) is 4.83. The quantitative estimate of drug-likeness (QED) is 0.538. The minimum Gasteiger partial charge on any atom is -0.0827 e. The predicted molar refractivity (Wildman–Crippen MR) is 52.5 cm³/mol. The molecule has 0 aromatic rings. The molecule has 0 aromatic heterocycles. The first-order valence-electron chi connectivity index (χ1n) is 4.83. The molecule has 0 bridgehead atoms. The fourth-order valence-corrected chi connectivity index (χ4v) is 2.09. The van der Waals surface area contributed by atoms with Crippen molar-refractivity contribution < 1.29 is 0 Å². The van der Waals surface area contributed by atoms with Gasteiger partial charge in [-0.15, -0.1) is 0 Å². The summed E-state index contributed by atoms with van der Waals surface area (Å²) in [5.41, 5.74) is 0. The van der Waals surface area contributed by atoms with Crippen molar-refractivity contribution >= 4 is 15.1 Å². The largest absolute Gasteiger partial charge is 0.113 e. The molecule has 1 saturated carbocycles. The van der Waals surface area contributed by atoms with E-state index in [4.69, 9.17) is 7.85 Å². The molecular weight excluding hydrogens is 130 g/mol. The lowest BCUT2D eigenvalue weighted by atomic mass is 9.58. The standard InChI is InChI=1S/C9H17B2/c1-3-11-7(2)8-4-5-9(10)6-8/h7-9H,3-6H2,1-2H3. The molecule has 0 spiro atoms. The summed E-state index contributed by atoms with van der Waals surface area (Å²) in [6, 6.07) is 0. The molecular formula is C9H17B2. The number of hydrogen-bond donors (Lipinski definition) is 0. The van der Waals surface area contributed by atoms with Gasteiger partial charge in [-0.2, -0.15) is 0 Å². The van der Waals surface area contributed by atoms with Crippen LogP contribution in [-0.2, 0) is 0 Å². The Morgan fingerprint density at radius 2 is 2.27 bits per heavy atom. The number of hydrogen-bond acceptors (Lipinski definition) is 0. The second-order valence-electron chi connectivity index (χ2n) is 3.84. The van der Waals surface area contributed by atoms with Crippen LogP contribution in [0.2, 0.25) is 18.0 Å². The van der Waals surface area contributed by atoms with Gasteiger partial charge in [0.05, 0.1) is 7.85 Å². The third-order valence-corrected chi connectivity index (χ3v) is 2.86. The van der Waals surface area contributed by atoms with Crippen molar-refractivity contribution in [3.8, 4) is 0 Å². The van der Waals surface area contributed by atoms with Gasteiger partial charge in [0.1, 0.15) is 7.28 Å². The molecule has 1 rings (SSSR count). The third kappa shape index (κ3) is 2.57. The van der Waals surface area contributed by atoms with Crippen LogP contribution in [0.3, 0.4) is 0 Å². The van der Waals surface area contributed by atoms with Crippen molar-refractivity contribution in [2.45, 2.75) is 51.1 Å². The lowest BCUT2D eigenvalue weighted by molar-refractivity contribution is 0.525. The van der Waals surface area contributed by atoms with Crippen molar-refractivity contribution in [3.63, 3.8) is 0 Å². The van der Waals surface area contributed by atoms with Crippen LogP contribution in [0.25, 0.3) is 0 Å². The molecule has 59 valence electrons. The summed E-state index contributed by atoms with van der Waals surface area (Å²) in [6.07, 6.45) is 5.04. The van der Waals surface area contributed by atoms with Gasteiger partial charge in [0.2, 0.25) is 0 Å². The Labute approximate surface area is 72.8 Å². The van der Waals surface area contributed by atoms with Gasteiger partial charge in [-0.25, -0.2) is 0 Å². The molecule has 0 amide bonds. The van der Waals surface area contributed by atoms with Gasteiger partial charge < -0.3 is 0 Å². The Bertz CT molecular complexity index is 114. The van der Waals surface area contributed by atoms with Crippen LogP contribution in [-0.4, -0.2) is 15.1 Å². The fraction of sp³-hybridized carbons (Fsp3) is 1.00. The molecule has 0 nitrogen and oxygen atoms in total. The zero-order valence-electron chi connectivity index (χ0n) is 7.72. The van der Waals surface area contributed by atoms with Crippen LogP contribution in [0, 0.1) is 5.92 Å². The van der Waals surface area contributed by atoms with Gasteiger partial charge in [-0.3, -0.25) is 0 Å². The molecule has 0 saturated heterocycles. The topological polar surface area (TPSA) is 0 Å². The summed E-state index contributed by atoms with van der Waals surface area (Å²) in [5, 5.41) is 0. The van der Waals surface area contributed by atoms with E-state index in [1.54, 1.807) is 0 Å². The fourth-order valence-electron chi connectivity index (χ4n) is 2.09. The van der Waals surface area contributed by atoms with E-state index in [0.29, 0.717) is 5.82 Å². The smallest absolute Gasteiger partial charge is 0.0827 e. The van der Waals surface area contributed by atoms with Crippen molar-refractivity contribution in [2.24, 2.45) is 5.92 Å². The van der Waals surface area contributed by atoms with E-state index in [1.807, 2.05) is 0 Å². The molecule has 2 heteroatoms. The van der Waals surface area contributed by atoms with Crippen LogP contribution in [0.4, 0.5) is 0 Å². The molecule has 0 heterocycles. The molecule has 3 unspecified atom stereocenters. The molecule has 1 fully saturated rings. The highest BCUT2D eigenvalue weighted by atomic mass is 14.2. The van der Waals surface area contributed by atoms with E-state index < -0.39 is 0 Å². The summed E-state index contributed by atoms with van der Waals surface area (Å²) in [7, 11) is 8.26. The summed E-state index contributed by atoms with van der Waals surface area (Å²) < 4.78 is 0. The van der Waals surface area contributed by atoms with E-state index in [0.717, 1.165) is 11.7 Å². The first kappa shape index (κ1) is 9.22. The predicted octanol–water partition coefficient (Wildman–Crippen LogP) is 2.69. The van der Waals surface area contributed by atoms with E-state index in [-0.39, 0.29) is 0 Å². The normalized spacial score (nSPS) is 33.6. The molecule has 1 aliphatic rings. The van der Waals surface area contributed by atoms with Crippen molar-refractivity contribution in [2.75, 3.05) is 0 Å². The lowest BCUT2D eigenvalue weighted by Gasteiger charge is -2.17. The zero-order valence-corrected chi connectivity index (χ0v) is 7.72. The summed E-state index contributed by atoms with van der Waals surface area (Å²) in [6.45, 7) is 4.54. The maximum Gasteiger partial charge on any atom is 0.113 e. The molecule has 0 aromatic carbocycles. The van der Waals surface area contributed by atoms with Crippen LogP contribution in [0.15, 0.2) is 0 Å². The van der Waals surface area contributed by atoms with Crippen LogP contribution in [0.5, 0.6) is 0 Å². The Morgan fingerprint density at radius 3 is 2.73 bits per heavy atom. The monoisotopic (exact) mass is 147 g/mol. The third-order valence-electron chi connectivity index (χ3n) is 2.86. The Kier molecular flexibility index (Phi) is 3.54. The second kappa shape index (κ2) is 4.23. The highest BCUT2D eigenvalue weighted by Gasteiger charge is 2.24. The van der Waals surface area contributed by atoms with Gasteiger partial charge in [0.15, 0.2) is 0 Å². The molecule has 11 heavy (non-hydrogen) atoms. The van der Waals surface area contributed by atoms with Crippen LogP contribution < -0.4 is 0 Å². The van der Waals surface area contributed by atoms with Crippen LogP contribution in [0.1, 0.15) is 33.1 Å². The molecule has 0 aliphatic heterocycles. The molecule has 3 atom stereocenters. The first-order chi connectivity index (χ1) is 5.24. The summed E-state index contributed by atoms with van der Waals surface area (Å²) in [4.78, 5) is 0. The average molecular weight is 147 g/mol. The van der Waals surface area contributed by atoms with Gasteiger partial charge in [0.25, 0.3) is 0 Å². The highest BCUT2D eigenvalue weighted by molar-refractivity contribution is 6.37. The van der Waals surface area contributed by atoms with Gasteiger partial charge in [-0.05, 0) is 5.92 Å². The SMILES string of the molecule is [B]C1CCC(C(C)[B]CC)C1. The second-order valence-corrected chi connectivity index (χ2v) is 3.84. The Balaban J connectivity index is 2.25. The zero-order chi connectivity index (χ0) is 8.27. The maximum atomic E-state index is 5.85. The van der Waals surface area contributed by atoms with Gasteiger partial charge in [-0.1, -0.05) is 51.1 Å². The van der Waals surface area contributed by atoms with E-state index in [9.17, 15) is 0 Å². The Hall–Kier alpha value is 0.130. The van der Waals surface area contributed by atoms with Gasteiger partial charge in [0, 0.05) is 0 Å². The van der Waals surface area contributed by atoms with E-state index in [2.05, 4.69) is 21.1 Å². The lowest BCUT2D eigenvalue weighted by Crippen LogP contribution is -2.08. The Morgan fingerprint density at radius 1 is 1.55 bits per heavy atom. The molecule has 3 radical (unpaired) electrons. The number of rotatable bonds is 3.